The lowest BCUT2D eigenvalue weighted by Gasteiger charge is -2.43. The van der Waals surface area contributed by atoms with Gasteiger partial charge in [0.25, 0.3) is 0 Å². The quantitative estimate of drug-likeness (QED) is 0.277. The Morgan fingerprint density at radius 2 is 1.68 bits per heavy atom. The van der Waals surface area contributed by atoms with Crippen molar-refractivity contribution in [1.29, 1.82) is 0 Å². The van der Waals surface area contributed by atoms with Gasteiger partial charge in [-0.05, 0) is 98.4 Å². The first-order valence-corrected chi connectivity index (χ1v) is 14.4. The fraction of sp³-hybridized carbons (Fsp3) is 0.606. The van der Waals surface area contributed by atoms with Gasteiger partial charge < -0.3 is 14.9 Å². The number of aromatic hydroxyl groups is 1. The molecule has 0 bridgehead atoms. The van der Waals surface area contributed by atoms with Crippen LogP contribution in [0, 0.1) is 26.2 Å². The van der Waals surface area contributed by atoms with E-state index in [-0.39, 0.29) is 11.5 Å². The number of carboxylic acids is 1. The van der Waals surface area contributed by atoms with E-state index in [0.717, 1.165) is 36.2 Å². The number of benzene rings is 2. The van der Waals surface area contributed by atoms with E-state index in [1.165, 1.54) is 55.2 Å². The summed E-state index contributed by atoms with van der Waals surface area (Å²) in [7, 11) is 0. The number of hydrogen-bond acceptors (Lipinski definition) is 4. The van der Waals surface area contributed by atoms with Gasteiger partial charge in [-0.25, -0.2) is 4.79 Å². The van der Waals surface area contributed by atoms with Gasteiger partial charge in [-0.15, -0.1) is 0 Å². The zero-order valence-electron chi connectivity index (χ0n) is 24.9. The molecule has 2 aromatic carbocycles. The van der Waals surface area contributed by atoms with Crippen LogP contribution in [0.4, 0.5) is 0 Å². The van der Waals surface area contributed by atoms with Crippen molar-refractivity contribution in [3.8, 4) is 11.5 Å². The molecule has 0 spiro atoms. The Morgan fingerprint density at radius 3 is 2.34 bits per heavy atom. The first-order chi connectivity index (χ1) is 17.8. The van der Waals surface area contributed by atoms with Crippen LogP contribution in [-0.2, 0) is 11.2 Å². The summed E-state index contributed by atoms with van der Waals surface area (Å²) in [6, 6.07) is 8.19. The average Bonchev–Trinajstić information content (AvgIpc) is 2.84. The first-order valence-electron chi connectivity index (χ1n) is 14.4. The lowest BCUT2D eigenvalue weighted by molar-refractivity contribution is -0.152. The van der Waals surface area contributed by atoms with Gasteiger partial charge >= 0.3 is 5.97 Å². The average molecular weight is 524 g/mol. The molecule has 0 amide bonds. The van der Waals surface area contributed by atoms with Crippen molar-refractivity contribution < 1.29 is 19.7 Å². The highest BCUT2D eigenvalue weighted by atomic mass is 16.5. The Balaban J connectivity index is 2.02. The molecule has 1 aliphatic heterocycles. The summed E-state index contributed by atoms with van der Waals surface area (Å²) in [4.78, 5) is 14.3. The van der Waals surface area contributed by atoms with Crippen LogP contribution in [0.5, 0.6) is 11.5 Å². The van der Waals surface area contributed by atoms with E-state index in [1.54, 1.807) is 13.8 Å². The molecule has 0 saturated heterocycles. The lowest BCUT2D eigenvalue weighted by atomic mass is 9.81. The third kappa shape index (κ3) is 6.91. The third-order valence-electron chi connectivity index (χ3n) is 8.31. The molecule has 0 fully saturated rings. The van der Waals surface area contributed by atoms with Crippen molar-refractivity contribution >= 4 is 5.97 Å². The maximum atomic E-state index is 11.7. The fourth-order valence-corrected chi connectivity index (χ4v) is 5.80. The van der Waals surface area contributed by atoms with Crippen LogP contribution < -0.4 is 4.74 Å². The highest BCUT2D eigenvalue weighted by Gasteiger charge is 2.35. The van der Waals surface area contributed by atoms with Crippen molar-refractivity contribution in [1.82, 2.24) is 4.90 Å². The molecule has 2 aromatic rings. The summed E-state index contributed by atoms with van der Waals surface area (Å²) in [5, 5.41) is 20.3. The molecule has 5 nitrogen and oxygen atoms in total. The van der Waals surface area contributed by atoms with Crippen LogP contribution in [-0.4, -0.2) is 39.8 Å². The fourth-order valence-electron chi connectivity index (χ4n) is 5.80. The number of aliphatic carboxylic acids is 1. The van der Waals surface area contributed by atoms with E-state index in [4.69, 9.17) is 4.74 Å². The molecule has 0 saturated carbocycles. The van der Waals surface area contributed by atoms with E-state index in [0.29, 0.717) is 11.5 Å². The molecule has 3 rings (SSSR count). The molecule has 1 aliphatic rings. The van der Waals surface area contributed by atoms with E-state index >= 15 is 0 Å². The van der Waals surface area contributed by atoms with Gasteiger partial charge in [-0.1, -0.05) is 65.0 Å². The number of phenols is 1. The van der Waals surface area contributed by atoms with Crippen LogP contribution in [0.1, 0.15) is 113 Å². The molecule has 1 unspecified atom stereocenters. The summed E-state index contributed by atoms with van der Waals surface area (Å²) >= 11 is 0. The summed E-state index contributed by atoms with van der Waals surface area (Å²) in [5.74, 6) is -0.0562. The van der Waals surface area contributed by atoms with Gasteiger partial charge in [0.2, 0.25) is 0 Å². The Hall–Kier alpha value is -2.53. The van der Waals surface area contributed by atoms with Gasteiger partial charge in [0.1, 0.15) is 11.5 Å². The van der Waals surface area contributed by atoms with Crippen LogP contribution in [0.3, 0.4) is 0 Å². The number of unbranched alkanes of at least 4 members (excludes halogenated alkanes) is 4. The molecule has 0 aromatic heterocycles. The normalized spacial score (nSPS) is 16.4. The summed E-state index contributed by atoms with van der Waals surface area (Å²) < 4.78 is 5.97. The Labute approximate surface area is 230 Å². The monoisotopic (exact) mass is 523 g/mol. The van der Waals surface area contributed by atoms with Crippen molar-refractivity contribution in [2.45, 2.75) is 112 Å². The molecule has 5 heteroatoms. The molecule has 38 heavy (non-hydrogen) atoms. The number of aryl methyl sites for hydroxylation is 1. The maximum Gasteiger partial charge on any atom is 0.347 e. The largest absolute Gasteiger partial charge is 0.507 e. The molecule has 0 radical (unpaired) electrons. The molecule has 210 valence electrons. The molecule has 0 aliphatic carbocycles. The predicted octanol–water partition coefficient (Wildman–Crippen LogP) is 7.89. The van der Waals surface area contributed by atoms with Crippen LogP contribution in [0.25, 0.3) is 0 Å². The number of nitrogens with zero attached hydrogens (tertiary/aromatic N) is 1. The summed E-state index contributed by atoms with van der Waals surface area (Å²) in [6.07, 6.45) is 8.56. The zero-order valence-corrected chi connectivity index (χ0v) is 24.9. The number of ether oxygens (including phenoxy) is 1. The van der Waals surface area contributed by atoms with Crippen LogP contribution >= 0.6 is 0 Å². The minimum absolute atomic E-state index is 0.00704. The lowest BCUT2D eigenvalue weighted by Crippen LogP contribution is -2.42. The first kappa shape index (κ1) is 30.0. The Morgan fingerprint density at radius 1 is 1.00 bits per heavy atom. The highest BCUT2D eigenvalue weighted by molar-refractivity contribution is 5.76. The van der Waals surface area contributed by atoms with Crippen LogP contribution in [0.2, 0.25) is 0 Å². The van der Waals surface area contributed by atoms with Crippen molar-refractivity contribution in [3.63, 3.8) is 0 Å². The standard InChI is InChI=1S/C33H49NO4/c1-9-10-11-12-13-17-32(5,6)21-34-18-16-25-14-15-26(38-33(7,8)31(36)37)20-28(25)29(34)27-19-22(2)30(35)24(4)23(27)3/h14-15,19-20,29,35H,9-13,16-18,21H2,1-8H3,(H,36,37). The molecular formula is C33H49NO4. The number of rotatable bonds is 12. The van der Waals surface area contributed by atoms with E-state index in [1.807, 2.05) is 26.0 Å². The predicted molar refractivity (Wildman–Crippen MR) is 155 cm³/mol. The number of fused-ring (bicyclic) bond motifs is 1. The minimum atomic E-state index is -1.32. The van der Waals surface area contributed by atoms with Gasteiger partial charge in [-0.2, -0.15) is 0 Å². The minimum Gasteiger partial charge on any atom is -0.507 e. The van der Waals surface area contributed by atoms with E-state index < -0.39 is 11.6 Å². The van der Waals surface area contributed by atoms with Crippen molar-refractivity contribution in [2.24, 2.45) is 5.41 Å². The van der Waals surface area contributed by atoms with Crippen molar-refractivity contribution in [2.75, 3.05) is 13.1 Å². The zero-order chi connectivity index (χ0) is 28.3. The van der Waals surface area contributed by atoms with E-state index in [9.17, 15) is 15.0 Å². The summed E-state index contributed by atoms with van der Waals surface area (Å²) in [6.45, 7) is 18.2. The summed E-state index contributed by atoms with van der Waals surface area (Å²) in [5.41, 5.74) is 5.38. The third-order valence-corrected chi connectivity index (χ3v) is 8.31. The smallest absolute Gasteiger partial charge is 0.347 e. The topological polar surface area (TPSA) is 70.0 Å². The SMILES string of the molecule is CCCCCCCC(C)(C)CN1CCc2ccc(OC(C)(C)C(=O)O)cc2C1c1cc(C)c(O)c(C)c1C. The number of carboxylic acid groups (broad SMARTS) is 1. The van der Waals surface area contributed by atoms with Crippen LogP contribution in [0.15, 0.2) is 24.3 Å². The van der Waals surface area contributed by atoms with Gasteiger partial charge in [-0.3, -0.25) is 4.90 Å². The Bertz CT molecular complexity index is 1130. The van der Waals surface area contributed by atoms with Gasteiger partial charge in [0.15, 0.2) is 5.60 Å². The second-order valence-electron chi connectivity index (χ2n) is 12.6. The van der Waals surface area contributed by atoms with Crippen molar-refractivity contribution in [3.05, 3.63) is 57.6 Å². The highest BCUT2D eigenvalue weighted by Crippen LogP contribution is 2.43. The molecule has 2 N–H and O–H groups in total. The number of hydrogen-bond donors (Lipinski definition) is 2. The van der Waals surface area contributed by atoms with E-state index in [2.05, 4.69) is 44.7 Å². The Kier molecular flexibility index (Phi) is 9.57. The van der Waals surface area contributed by atoms with Gasteiger partial charge in [0, 0.05) is 13.1 Å². The second kappa shape index (κ2) is 12.1. The molecule has 1 atom stereocenters. The maximum absolute atomic E-state index is 11.7. The number of carbonyl (C=O) groups is 1. The molecule has 1 heterocycles. The second-order valence-corrected chi connectivity index (χ2v) is 12.6. The van der Waals surface area contributed by atoms with Gasteiger partial charge in [0.05, 0.1) is 6.04 Å². The molecular weight excluding hydrogens is 474 g/mol. The number of phenolic OH excluding ortho intramolecular Hbond substituents is 1.